The van der Waals surface area contributed by atoms with Crippen molar-refractivity contribution in [2.45, 2.75) is 59.8 Å². The van der Waals surface area contributed by atoms with Gasteiger partial charge >= 0.3 is 12.5 Å². The van der Waals surface area contributed by atoms with Crippen LogP contribution in [-0.4, -0.2) is 46.1 Å². The fraction of sp³-hybridized carbons (Fsp3) is 0.435. The van der Waals surface area contributed by atoms with Gasteiger partial charge in [-0.2, -0.15) is 13.2 Å². The summed E-state index contributed by atoms with van der Waals surface area (Å²) < 4.78 is 130. The predicted octanol–water partition coefficient (Wildman–Crippen LogP) is 4.77. The summed E-state index contributed by atoms with van der Waals surface area (Å²) in [5.41, 5.74) is -1.73. The predicted molar refractivity (Wildman–Crippen MR) is 123 cm³/mol. The van der Waals surface area contributed by atoms with Crippen molar-refractivity contribution in [2.75, 3.05) is 6.26 Å². The first-order chi connectivity index (χ1) is 17.1. The van der Waals surface area contributed by atoms with Gasteiger partial charge in [-0.1, -0.05) is 6.07 Å². The highest BCUT2D eigenvalue weighted by atomic mass is 32.2. The molecule has 2 aromatic rings. The van der Waals surface area contributed by atoms with Crippen LogP contribution >= 0.6 is 0 Å². The van der Waals surface area contributed by atoms with Gasteiger partial charge in [0.05, 0.1) is 25.7 Å². The second-order valence-corrected chi connectivity index (χ2v) is 14.0. The van der Waals surface area contributed by atoms with Crippen LogP contribution in [0.5, 0.6) is 5.75 Å². The molecule has 0 heterocycles. The van der Waals surface area contributed by atoms with Gasteiger partial charge < -0.3 is 10.1 Å². The molecule has 1 aliphatic rings. The summed E-state index contributed by atoms with van der Waals surface area (Å²) in [7, 11) is -8.38. The number of sulfone groups is 2. The molecular weight excluding hydrogens is 564 g/mol. The second kappa shape index (κ2) is 9.74. The topological polar surface area (TPSA) is 107 Å². The van der Waals surface area contributed by atoms with Crippen molar-refractivity contribution in [3.05, 3.63) is 53.6 Å². The van der Waals surface area contributed by atoms with Crippen LogP contribution in [0.15, 0.2) is 52.3 Å². The van der Waals surface area contributed by atoms with Crippen molar-refractivity contribution in [2.24, 2.45) is 5.92 Å². The second-order valence-electron chi connectivity index (χ2n) is 9.45. The molecular formula is C23H23F6NO6S2. The molecule has 1 aliphatic carbocycles. The van der Waals surface area contributed by atoms with Gasteiger partial charge in [-0.15, -0.1) is 13.2 Å². The minimum atomic E-state index is -5.01. The van der Waals surface area contributed by atoms with Crippen molar-refractivity contribution in [1.29, 1.82) is 0 Å². The SMILES string of the molecule is CC(C)([C@H]1C[C@@H](NC(=O)c2ccc(C(F)(F)F)cc2S(C)(=O)=O)C1)S(=O)(=O)c1cccc(OC(F)(F)F)c1. The van der Waals surface area contributed by atoms with E-state index in [-0.39, 0.29) is 17.7 Å². The first-order valence-corrected chi connectivity index (χ1v) is 14.3. The Morgan fingerprint density at radius 3 is 2.08 bits per heavy atom. The third kappa shape index (κ3) is 6.25. The molecule has 1 amide bonds. The number of rotatable bonds is 7. The average molecular weight is 588 g/mol. The molecule has 0 unspecified atom stereocenters. The molecule has 0 saturated heterocycles. The van der Waals surface area contributed by atoms with Crippen LogP contribution in [0, 0.1) is 5.92 Å². The van der Waals surface area contributed by atoms with Crippen molar-refractivity contribution in [3.8, 4) is 5.75 Å². The molecule has 1 N–H and O–H groups in total. The van der Waals surface area contributed by atoms with Crippen LogP contribution in [0.25, 0.3) is 0 Å². The van der Waals surface area contributed by atoms with Crippen LogP contribution in [0.2, 0.25) is 0 Å². The third-order valence-corrected chi connectivity index (χ3v) is 10.2. The summed E-state index contributed by atoms with van der Waals surface area (Å²) in [6, 6.07) is 5.07. The quantitative estimate of drug-likeness (QED) is 0.468. The Balaban J connectivity index is 1.75. The van der Waals surface area contributed by atoms with E-state index in [2.05, 4.69) is 10.1 Å². The van der Waals surface area contributed by atoms with E-state index >= 15 is 0 Å². The maximum absolute atomic E-state index is 13.2. The summed E-state index contributed by atoms with van der Waals surface area (Å²) in [6.07, 6.45) is -8.94. The Morgan fingerprint density at radius 1 is 0.947 bits per heavy atom. The van der Waals surface area contributed by atoms with Gasteiger partial charge in [0.1, 0.15) is 5.75 Å². The third-order valence-electron chi connectivity index (χ3n) is 6.45. The first-order valence-electron chi connectivity index (χ1n) is 11.0. The highest BCUT2D eigenvalue weighted by Crippen LogP contribution is 2.44. The minimum absolute atomic E-state index is 0.117. The summed E-state index contributed by atoms with van der Waals surface area (Å²) in [5, 5.41) is 2.51. The summed E-state index contributed by atoms with van der Waals surface area (Å²) in [4.78, 5) is 11.5. The number of amides is 1. The lowest BCUT2D eigenvalue weighted by atomic mass is 9.73. The van der Waals surface area contributed by atoms with Crippen molar-refractivity contribution >= 4 is 25.6 Å². The maximum atomic E-state index is 13.2. The fourth-order valence-electron chi connectivity index (χ4n) is 4.12. The lowest BCUT2D eigenvalue weighted by Gasteiger charge is -2.45. The smallest absolute Gasteiger partial charge is 0.406 e. The van der Waals surface area contributed by atoms with Gasteiger partial charge in [-0.05, 0) is 69.0 Å². The fourth-order valence-corrected chi connectivity index (χ4v) is 6.79. The molecule has 0 atom stereocenters. The highest BCUT2D eigenvalue weighted by Gasteiger charge is 2.49. The lowest BCUT2D eigenvalue weighted by Crippen LogP contribution is -2.53. The van der Waals surface area contributed by atoms with Crippen LogP contribution < -0.4 is 10.1 Å². The Labute approximate surface area is 215 Å². The molecule has 0 spiro atoms. The minimum Gasteiger partial charge on any atom is -0.406 e. The molecule has 0 aromatic heterocycles. The molecule has 0 radical (unpaired) electrons. The van der Waals surface area contributed by atoms with Gasteiger partial charge in [0.25, 0.3) is 5.91 Å². The molecule has 38 heavy (non-hydrogen) atoms. The highest BCUT2D eigenvalue weighted by molar-refractivity contribution is 7.92. The Hall–Kier alpha value is -2.81. The van der Waals surface area contributed by atoms with Crippen LogP contribution in [-0.2, 0) is 25.9 Å². The average Bonchev–Trinajstić information content (AvgIpc) is 2.72. The van der Waals surface area contributed by atoms with E-state index < -0.39 is 76.6 Å². The molecule has 1 fully saturated rings. The normalized spacial score (nSPS) is 19.0. The van der Waals surface area contributed by atoms with Gasteiger partial charge in [0.15, 0.2) is 19.7 Å². The lowest BCUT2D eigenvalue weighted by molar-refractivity contribution is -0.274. The Morgan fingerprint density at radius 2 is 1.55 bits per heavy atom. The van der Waals surface area contributed by atoms with E-state index in [0.717, 1.165) is 30.3 Å². The number of benzene rings is 2. The number of nitrogens with one attached hydrogen (secondary N) is 1. The summed E-state index contributed by atoms with van der Waals surface area (Å²) in [6.45, 7) is 2.78. The molecule has 3 rings (SSSR count). The van der Waals surface area contributed by atoms with E-state index in [4.69, 9.17) is 0 Å². The van der Waals surface area contributed by atoms with E-state index in [1.807, 2.05) is 0 Å². The summed E-state index contributed by atoms with van der Waals surface area (Å²) >= 11 is 0. The van der Waals surface area contributed by atoms with E-state index in [0.29, 0.717) is 18.4 Å². The molecule has 7 nitrogen and oxygen atoms in total. The monoisotopic (exact) mass is 587 g/mol. The van der Waals surface area contributed by atoms with Crippen LogP contribution in [0.4, 0.5) is 26.3 Å². The van der Waals surface area contributed by atoms with E-state index in [9.17, 15) is 48.0 Å². The Kier molecular flexibility index (Phi) is 7.62. The number of carbonyl (C=O) groups is 1. The molecule has 0 aliphatic heterocycles. The van der Waals surface area contributed by atoms with E-state index in [1.54, 1.807) is 0 Å². The molecule has 210 valence electrons. The van der Waals surface area contributed by atoms with Gasteiger partial charge in [-0.3, -0.25) is 4.79 Å². The molecule has 2 aromatic carbocycles. The first kappa shape index (κ1) is 29.7. The van der Waals surface area contributed by atoms with Crippen molar-refractivity contribution in [3.63, 3.8) is 0 Å². The van der Waals surface area contributed by atoms with Gasteiger partial charge in [0, 0.05) is 12.3 Å². The van der Waals surface area contributed by atoms with Crippen LogP contribution in [0.1, 0.15) is 42.6 Å². The number of ether oxygens (including phenoxy) is 1. The standard InChI is InChI=1S/C23H23F6NO6S2/c1-21(2,38(34,35)17-6-4-5-16(12-17)36-23(27,28)29)14-9-15(10-14)30-20(31)18-8-7-13(22(24,25)26)11-19(18)37(3,32)33/h4-8,11-12,14-15H,9-10H2,1-3H3,(H,30,31)/t14-,15+. The van der Waals surface area contributed by atoms with Crippen molar-refractivity contribution in [1.82, 2.24) is 5.32 Å². The van der Waals surface area contributed by atoms with E-state index in [1.165, 1.54) is 13.8 Å². The Bertz CT molecular complexity index is 1440. The zero-order valence-corrected chi connectivity index (χ0v) is 21.8. The molecule has 15 heteroatoms. The summed E-state index contributed by atoms with van der Waals surface area (Å²) in [5.74, 6) is -2.20. The number of hydrogen-bond donors (Lipinski definition) is 1. The van der Waals surface area contributed by atoms with Gasteiger partial charge in [0.2, 0.25) is 0 Å². The number of hydrogen-bond acceptors (Lipinski definition) is 6. The van der Waals surface area contributed by atoms with Crippen molar-refractivity contribution < 1.29 is 52.7 Å². The number of alkyl halides is 6. The molecule has 1 saturated carbocycles. The number of carbonyl (C=O) groups excluding carboxylic acids is 1. The molecule has 0 bridgehead atoms. The van der Waals surface area contributed by atoms with Gasteiger partial charge in [-0.25, -0.2) is 16.8 Å². The largest absolute Gasteiger partial charge is 0.573 e. The zero-order chi connectivity index (χ0) is 28.9. The van der Waals surface area contributed by atoms with Crippen LogP contribution in [0.3, 0.4) is 0 Å². The maximum Gasteiger partial charge on any atom is 0.573 e. The zero-order valence-electron chi connectivity index (χ0n) is 20.1. The number of halogens is 6.